The van der Waals surface area contributed by atoms with E-state index in [0.29, 0.717) is 0 Å². The average molecular weight is 225 g/mol. The molecule has 0 amide bonds. The number of benzene rings is 1. The van der Waals surface area contributed by atoms with Gasteiger partial charge in [-0.15, -0.1) is 0 Å². The number of fused-ring (bicyclic) bond motifs is 1. The first-order valence-corrected chi connectivity index (χ1v) is 5.86. The van der Waals surface area contributed by atoms with Crippen LogP contribution in [0.3, 0.4) is 0 Å². The lowest BCUT2D eigenvalue weighted by Gasteiger charge is -2.31. The molecule has 0 saturated heterocycles. The van der Waals surface area contributed by atoms with Crippen LogP contribution < -0.4 is 10.6 Å². The molecule has 1 aromatic carbocycles. The molecule has 0 bridgehead atoms. The van der Waals surface area contributed by atoms with Crippen LogP contribution in [0, 0.1) is 0 Å². The van der Waals surface area contributed by atoms with E-state index in [-0.39, 0.29) is 0 Å². The van der Waals surface area contributed by atoms with E-state index in [1.807, 2.05) is 12.3 Å². The normalized spacial score (nSPS) is 14.5. The van der Waals surface area contributed by atoms with E-state index in [2.05, 4.69) is 34.1 Å². The summed E-state index contributed by atoms with van der Waals surface area (Å²) in [6.45, 7) is 1.92. The van der Waals surface area contributed by atoms with Gasteiger partial charge in [-0.2, -0.15) is 0 Å². The van der Waals surface area contributed by atoms with Crippen LogP contribution in [-0.4, -0.2) is 11.5 Å². The summed E-state index contributed by atoms with van der Waals surface area (Å²) in [4.78, 5) is 6.54. The van der Waals surface area contributed by atoms with E-state index in [4.69, 9.17) is 5.73 Å². The molecule has 0 unspecified atom stereocenters. The van der Waals surface area contributed by atoms with E-state index in [1.54, 1.807) is 6.20 Å². The maximum atomic E-state index is 5.94. The first kappa shape index (κ1) is 10.1. The van der Waals surface area contributed by atoms with Crippen molar-refractivity contribution in [2.24, 2.45) is 0 Å². The van der Waals surface area contributed by atoms with Gasteiger partial charge in [-0.25, -0.2) is 0 Å². The van der Waals surface area contributed by atoms with Gasteiger partial charge in [0.25, 0.3) is 0 Å². The number of nitrogens with zero attached hydrogens (tertiary/aromatic N) is 2. The highest BCUT2D eigenvalue weighted by molar-refractivity contribution is 5.54. The molecule has 17 heavy (non-hydrogen) atoms. The molecule has 3 heteroatoms. The summed E-state index contributed by atoms with van der Waals surface area (Å²) in [5, 5.41) is 0. The van der Waals surface area contributed by atoms with Crippen molar-refractivity contribution >= 4 is 11.4 Å². The van der Waals surface area contributed by atoms with Gasteiger partial charge >= 0.3 is 0 Å². The third-order valence-corrected chi connectivity index (χ3v) is 3.29. The maximum absolute atomic E-state index is 5.94. The molecule has 2 N–H and O–H groups in total. The van der Waals surface area contributed by atoms with Gasteiger partial charge in [0.1, 0.15) is 0 Å². The molecule has 1 aliphatic rings. The Hall–Kier alpha value is -2.03. The van der Waals surface area contributed by atoms with Crippen molar-refractivity contribution in [3.05, 3.63) is 53.9 Å². The molecule has 3 rings (SSSR count). The van der Waals surface area contributed by atoms with Gasteiger partial charge < -0.3 is 10.6 Å². The van der Waals surface area contributed by atoms with Gasteiger partial charge in [0.15, 0.2) is 0 Å². The second-order valence-corrected chi connectivity index (χ2v) is 4.37. The number of rotatable bonds is 1. The summed E-state index contributed by atoms with van der Waals surface area (Å²) in [7, 11) is 0. The van der Waals surface area contributed by atoms with Crippen LogP contribution in [0.4, 0.5) is 11.4 Å². The Labute approximate surface area is 101 Å². The van der Waals surface area contributed by atoms with Crippen LogP contribution in [0.2, 0.25) is 0 Å². The molecule has 0 fully saturated rings. The highest BCUT2D eigenvalue weighted by atomic mass is 15.1. The predicted octanol–water partition coefficient (Wildman–Crippen LogP) is 2.23. The zero-order chi connectivity index (χ0) is 11.7. The number of aromatic nitrogens is 1. The summed E-state index contributed by atoms with van der Waals surface area (Å²) in [6, 6.07) is 10.5. The second-order valence-electron chi connectivity index (χ2n) is 4.37. The lowest BCUT2D eigenvalue weighted by molar-refractivity contribution is 0.729. The monoisotopic (exact) mass is 225 g/mol. The largest absolute Gasteiger partial charge is 0.397 e. The molecule has 0 aliphatic carbocycles. The van der Waals surface area contributed by atoms with Crippen molar-refractivity contribution in [1.29, 1.82) is 0 Å². The molecule has 0 saturated carbocycles. The lowest BCUT2D eigenvalue weighted by Crippen LogP contribution is -2.30. The van der Waals surface area contributed by atoms with Gasteiger partial charge in [-0.1, -0.05) is 18.2 Å². The van der Waals surface area contributed by atoms with Crippen LogP contribution >= 0.6 is 0 Å². The Balaban J connectivity index is 1.91. The topological polar surface area (TPSA) is 42.1 Å². The molecule has 3 nitrogen and oxygen atoms in total. The summed E-state index contributed by atoms with van der Waals surface area (Å²) >= 11 is 0. The summed E-state index contributed by atoms with van der Waals surface area (Å²) in [6.07, 6.45) is 4.68. The lowest BCUT2D eigenvalue weighted by atomic mass is 10.00. The Kier molecular flexibility index (Phi) is 2.44. The zero-order valence-corrected chi connectivity index (χ0v) is 9.63. The highest BCUT2D eigenvalue weighted by Gasteiger charge is 2.18. The molecule has 86 valence electrons. The Morgan fingerprint density at radius 1 is 1.12 bits per heavy atom. The number of hydrogen-bond donors (Lipinski definition) is 1. The third kappa shape index (κ3) is 1.84. The standard InChI is InChI=1S/C14H15N3/c15-14-9-16-8-11-10-17(7-6-13(11)14)12-4-2-1-3-5-12/h1-5,8-9H,6-7,10,15H2. The van der Waals surface area contributed by atoms with E-state index >= 15 is 0 Å². The number of nitrogens with two attached hydrogens (primary N) is 1. The van der Waals surface area contributed by atoms with Crippen molar-refractivity contribution in [1.82, 2.24) is 4.98 Å². The summed E-state index contributed by atoms with van der Waals surface area (Å²) < 4.78 is 0. The molecule has 0 spiro atoms. The number of anilines is 2. The van der Waals surface area contributed by atoms with Crippen molar-refractivity contribution < 1.29 is 0 Å². The molecule has 1 aliphatic heterocycles. The van der Waals surface area contributed by atoms with E-state index in [9.17, 15) is 0 Å². The van der Waals surface area contributed by atoms with Crippen LogP contribution in [-0.2, 0) is 13.0 Å². The van der Waals surface area contributed by atoms with Crippen molar-refractivity contribution in [3.63, 3.8) is 0 Å². The van der Waals surface area contributed by atoms with E-state index < -0.39 is 0 Å². The van der Waals surface area contributed by atoms with Crippen LogP contribution in [0.15, 0.2) is 42.7 Å². The zero-order valence-electron chi connectivity index (χ0n) is 9.63. The number of hydrogen-bond acceptors (Lipinski definition) is 3. The summed E-state index contributed by atoms with van der Waals surface area (Å²) in [5.41, 5.74) is 10.6. The molecule has 2 aromatic rings. The fraction of sp³-hybridized carbons (Fsp3) is 0.214. The van der Waals surface area contributed by atoms with Crippen molar-refractivity contribution in [2.45, 2.75) is 13.0 Å². The van der Waals surface area contributed by atoms with Crippen LogP contribution in [0.1, 0.15) is 11.1 Å². The van der Waals surface area contributed by atoms with E-state index in [1.165, 1.54) is 16.8 Å². The maximum Gasteiger partial charge on any atom is 0.0537 e. The number of para-hydroxylation sites is 1. The molecule has 0 atom stereocenters. The third-order valence-electron chi connectivity index (χ3n) is 3.29. The molecule has 1 aromatic heterocycles. The number of nitrogen functional groups attached to an aromatic ring is 1. The number of pyridine rings is 1. The van der Waals surface area contributed by atoms with Gasteiger partial charge in [0, 0.05) is 25.0 Å². The fourth-order valence-electron chi connectivity index (χ4n) is 2.38. The Morgan fingerprint density at radius 3 is 2.76 bits per heavy atom. The molecular formula is C14H15N3. The second kappa shape index (κ2) is 4.09. The molecule has 2 heterocycles. The Morgan fingerprint density at radius 2 is 1.94 bits per heavy atom. The fourth-order valence-corrected chi connectivity index (χ4v) is 2.38. The minimum absolute atomic E-state index is 0.829. The van der Waals surface area contributed by atoms with Crippen LogP contribution in [0.5, 0.6) is 0 Å². The van der Waals surface area contributed by atoms with Gasteiger partial charge in [-0.05, 0) is 29.7 Å². The van der Waals surface area contributed by atoms with E-state index in [0.717, 1.165) is 25.2 Å². The van der Waals surface area contributed by atoms with Crippen LogP contribution in [0.25, 0.3) is 0 Å². The minimum atomic E-state index is 0.829. The summed E-state index contributed by atoms with van der Waals surface area (Å²) in [5.74, 6) is 0. The quantitative estimate of drug-likeness (QED) is 0.809. The Bertz CT molecular complexity index is 522. The minimum Gasteiger partial charge on any atom is -0.397 e. The first-order chi connectivity index (χ1) is 8.34. The highest BCUT2D eigenvalue weighted by Crippen LogP contribution is 2.26. The van der Waals surface area contributed by atoms with Gasteiger partial charge in [0.2, 0.25) is 0 Å². The first-order valence-electron chi connectivity index (χ1n) is 5.86. The predicted molar refractivity (Wildman–Crippen MR) is 69.8 cm³/mol. The van der Waals surface area contributed by atoms with Crippen molar-refractivity contribution in [2.75, 3.05) is 17.2 Å². The van der Waals surface area contributed by atoms with Gasteiger partial charge in [-0.3, -0.25) is 4.98 Å². The SMILES string of the molecule is Nc1cncc2c1CCN(c1ccccc1)C2. The smallest absolute Gasteiger partial charge is 0.0537 e. The van der Waals surface area contributed by atoms with Gasteiger partial charge in [0.05, 0.1) is 11.9 Å². The molecule has 0 radical (unpaired) electrons. The van der Waals surface area contributed by atoms with Crippen molar-refractivity contribution in [3.8, 4) is 0 Å². The molecular weight excluding hydrogens is 210 g/mol. The average Bonchev–Trinajstić information content (AvgIpc) is 2.40.